The van der Waals surface area contributed by atoms with Crippen molar-refractivity contribution < 1.29 is 4.74 Å². The second-order valence-electron chi connectivity index (χ2n) is 3.23. The lowest BCUT2D eigenvalue weighted by atomic mass is 10.0. The maximum atomic E-state index is 6.00. The molecule has 2 N–H and O–H groups in total. The van der Waals surface area contributed by atoms with Crippen molar-refractivity contribution in [3.8, 4) is 0 Å². The van der Waals surface area contributed by atoms with Crippen LogP contribution in [0.25, 0.3) is 0 Å². The van der Waals surface area contributed by atoms with Gasteiger partial charge in [0.1, 0.15) is 6.10 Å². The van der Waals surface area contributed by atoms with E-state index < -0.39 is 0 Å². The van der Waals surface area contributed by atoms with Gasteiger partial charge in [0.05, 0.1) is 0 Å². The summed E-state index contributed by atoms with van der Waals surface area (Å²) in [5, 5.41) is 2.06. The van der Waals surface area contributed by atoms with Gasteiger partial charge in [-0.05, 0) is 40.2 Å². The molecule has 0 bridgehead atoms. The first-order chi connectivity index (χ1) is 6.29. The monoisotopic (exact) mass is 261 g/mol. The number of rotatable bonds is 1. The second-order valence-corrected chi connectivity index (χ2v) is 5.03. The van der Waals surface area contributed by atoms with E-state index >= 15 is 0 Å². The van der Waals surface area contributed by atoms with Crippen molar-refractivity contribution in [2.45, 2.75) is 25.0 Å². The molecule has 1 aliphatic heterocycles. The van der Waals surface area contributed by atoms with E-state index in [4.69, 9.17) is 10.5 Å². The van der Waals surface area contributed by atoms with Gasteiger partial charge in [-0.3, -0.25) is 0 Å². The molecule has 13 heavy (non-hydrogen) atoms. The minimum atomic E-state index is 0.100. The highest BCUT2D eigenvalue weighted by molar-refractivity contribution is 9.10. The molecule has 2 rings (SSSR count). The molecule has 1 aliphatic rings. The number of ether oxygens (including phenoxy) is 1. The summed E-state index contributed by atoms with van der Waals surface area (Å²) in [6.07, 6.45) is 2.25. The Labute approximate surface area is 90.2 Å². The zero-order valence-electron chi connectivity index (χ0n) is 7.20. The fourth-order valence-corrected chi connectivity index (χ4v) is 3.30. The molecule has 2 unspecified atom stereocenters. The topological polar surface area (TPSA) is 35.2 Å². The van der Waals surface area contributed by atoms with E-state index in [-0.39, 0.29) is 12.1 Å². The first-order valence-electron chi connectivity index (χ1n) is 4.39. The van der Waals surface area contributed by atoms with Crippen LogP contribution in [0.3, 0.4) is 0 Å². The average Bonchev–Trinajstić information content (AvgIpc) is 2.52. The molecule has 1 aromatic heterocycles. The number of thiophene rings is 1. The highest BCUT2D eigenvalue weighted by Gasteiger charge is 2.26. The van der Waals surface area contributed by atoms with E-state index in [0.717, 1.165) is 23.9 Å². The molecule has 1 fully saturated rings. The predicted molar refractivity (Wildman–Crippen MR) is 57.9 cm³/mol. The SMILES string of the molecule is NC1CCCOC1c1sccc1Br. The van der Waals surface area contributed by atoms with Crippen LogP contribution < -0.4 is 5.73 Å². The molecule has 0 saturated carbocycles. The molecule has 0 aromatic carbocycles. The largest absolute Gasteiger partial charge is 0.371 e. The van der Waals surface area contributed by atoms with E-state index in [0.29, 0.717) is 0 Å². The van der Waals surface area contributed by atoms with Crippen molar-refractivity contribution in [2.75, 3.05) is 6.61 Å². The van der Waals surface area contributed by atoms with E-state index in [9.17, 15) is 0 Å². The van der Waals surface area contributed by atoms with Gasteiger partial charge in [0.2, 0.25) is 0 Å². The van der Waals surface area contributed by atoms with Crippen molar-refractivity contribution in [3.63, 3.8) is 0 Å². The third kappa shape index (κ3) is 1.96. The van der Waals surface area contributed by atoms with Gasteiger partial charge in [0.25, 0.3) is 0 Å². The second kappa shape index (κ2) is 4.09. The van der Waals surface area contributed by atoms with Gasteiger partial charge < -0.3 is 10.5 Å². The summed E-state index contributed by atoms with van der Waals surface area (Å²) < 4.78 is 6.80. The van der Waals surface area contributed by atoms with Gasteiger partial charge in [-0.15, -0.1) is 11.3 Å². The van der Waals surface area contributed by atoms with Crippen molar-refractivity contribution in [1.82, 2.24) is 0 Å². The van der Waals surface area contributed by atoms with Gasteiger partial charge in [0.15, 0.2) is 0 Å². The molecule has 0 spiro atoms. The first-order valence-corrected chi connectivity index (χ1v) is 6.06. The van der Waals surface area contributed by atoms with Crippen LogP contribution in [-0.2, 0) is 4.74 Å². The molecule has 1 aromatic rings. The van der Waals surface area contributed by atoms with Crippen LogP contribution in [0.5, 0.6) is 0 Å². The Morgan fingerprint density at radius 2 is 2.46 bits per heavy atom. The fraction of sp³-hybridized carbons (Fsp3) is 0.556. The highest BCUT2D eigenvalue weighted by atomic mass is 79.9. The highest BCUT2D eigenvalue weighted by Crippen LogP contribution is 2.35. The summed E-state index contributed by atoms with van der Waals surface area (Å²) in [5.74, 6) is 0. The number of hydrogen-bond acceptors (Lipinski definition) is 3. The maximum Gasteiger partial charge on any atom is 0.108 e. The Kier molecular flexibility index (Phi) is 3.03. The number of halogens is 1. The molecular weight excluding hydrogens is 250 g/mol. The maximum absolute atomic E-state index is 6.00. The smallest absolute Gasteiger partial charge is 0.108 e. The Bertz CT molecular complexity index is 289. The van der Waals surface area contributed by atoms with Crippen LogP contribution in [-0.4, -0.2) is 12.6 Å². The summed E-state index contributed by atoms with van der Waals surface area (Å²) >= 11 is 5.21. The molecular formula is C9H12BrNOS. The van der Waals surface area contributed by atoms with Crippen LogP contribution in [0.2, 0.25) is 0 Å². The Morgan fingerprint density at radius 1 is 1.62 bits per heavy atom. The zero-order valence-corrected chi connectivity index (χ0v) is 9.61. The Morgan fingerprint density at radius 3 is 3.08 bits per heavy atom. The van der Waals surface area contributed by atoms with E-state index in [2.05, 4.69) is 21.3 Å². The third-order valence-electron chi connectivity index (χ3n) is 2.27. The lowest BCUT2D eigenvalue weighted by molar-refractivity contribution is 0.00197. The normalized spacial score (nSPS) is 29.1. The van der Waals surface area contributed by atoms with Crippen molar-refractivity contribution in [1.29, 1.82) is 0 Å². The van der Waals surface area contributed by atoms with Crippen molar-refractivity contribution in [2.24, 2.45) is 5.73 Å². The van der Waals surface area contributed by atoms with Gasteiger partial charge in [-0.25, -0.2) is 0 Å². The molecule has 1 saturated heterocycles. The molecule has 2 nitrogen and oxygen atoms in total. The Hall–Kier alpha value is 0.100. The van der Waals surface area contributed by atoms with Crippen molar-refractivity contribution in [3.05, 3.63) is 20.8 Å². The molecule has 72 valence electrons. The molecule has 0 radical (unpaired) electrons. The minimum Gasteiger partial charge on any atom is -0.371 e. The number of hydrogen-bond donors (Lipinski definition) is 1. The van der Waals surface area contributed by atoms with Crippen LogP contribution in [0, 0.1) is 0 Å². The average molecular weight is 262 g/mol. The lowest BCUT2D eigenvalue weighted by Crippen LogP contribution is -2.34. The van der Waals surface area contributed by atoms with E-state index in [1.165, 1.54) is 4.88 Å². The minimum absolute atomic E-state index is 0.100. The van der Waals surface area contributed by atoms with E-state index in [1.54, 1.807) is 11.3 Å². The first kappa shape index (κ1) is 9.65. The predicted octanol–water partition coefficient (Wildman–Crippen LogP) is 2.69. The molecule has 0 amide bonds. The molecule has 2 atom stereocenters. The Balaban J connectivity index is 2.19. The summed E-state index contributed by atoms with van der Waals surface area (Å²) in [6.45, 7) is 0.836. The van der Waals surface area contributed by atoms with Gasteiger partial charge >= 0.3 is 0 Å². The lowest BCUT2D eigenvalue weighted by Gasteiger charge is -2.28. The molecule has 0 aliphatic carbocycles. The van der Waals surface area contributed by atoms with Gasteiger partial charge in [-0.2, -0.15) is 0 Å². The zero-order chi connectivity index (χ0) is 9.26. The summed E-state index contributed by atoms with van der Waals surface area (Å²) in [6, 6.07) is 2.20. The van der Waals surface area contributed by atoms with E-state index in [1.807, 2.05) is 6.07 Å². The van der Waals surface area contributed by atoms with Crippen LogP contribution >= 0.6 is 27.3 Å². The van der Waals surface area contributed by atoms with Crippen molar-refractivity contribution >= 4 is 27.3 Å². The molecule has 2 heterocycles. The summed E-state index contributed by atoms with van der Waals surface area (Å²) in [4.78, 5) is 1.23. The standard InChI is InChI=1S/C9H12BrNOS/c10-6-3-5-13-9(6)8-7(11)2-1-4-12-8/h3,5,7-8H,1-2,4,11H2. The van der Waals surface area contributed by atoms with Gasteiger partial charge in [-0.1, -0.05) is 0 Å². The van der Waals surface area contributed by atoms with Crippen LogP contribution in [0.15, 0.2) is 15.9 Å². The summed E-state index contributed by atoms with van der Waals surface area (Å²) in [5.41, 5.74) is 6.00. The quantitative estimate of drug-likeness (QED) is 0.844. The third-order valence-corrected chi connectivity index (χ3v) is 4.20. The van der Waals surface area contributed by atoms with Gasteiger partial charge in [0, 0.05) is 22.0 Å². The fourth-order valence-electron chi connectivity index (χ4n) is 1.58. The number of nitrogens with two attached hydrogens (primary N) is 1. The van der Waals surface area contributed by atoms with Crippen LogP contribution in [0.1, 0.15) is 23.8 Å². The molecule has 4 heteroatoms. The summed E-state index contributed by atoms with van der Waals surface area (Å²) in [7, 11) is 0. The van der Waals surface area contributed by atoms with Crippen LogP contribution in [0.4, 0.5) is 0 Å².